The van der Waals surface area contributed by atoms with Crippen molar-refractivity contribution in [3.05, 3.63) is 18.5 Å². The van der Waals surface area contributed by atoms with Gasteiger partial charge in [0.2, 0.25) is 0 Å². The number of nitrogens with one attached hydrogen (secondary N) is 1. The Morgan fingerprint density at radius 1 is 1.29 bits per heavy atom. The summed E-state index contributed by atoms with van der Waals surface area (Å²) in [7, 11) is 0. The predicted molar refractivity (Wildman–Crippen MR) is 73.0 cm³/mol. The van der Waals surface area contributed by atoms with Crippen LogP contribution in [0, 0.1) is 5.92 Å². The van der Waals surface area contributed by atoms with E-state index < -0.39 is 0 Å². The van der Waals surface area contributed by atoms with Crippen LogP contribution in [0.5, 0.6) is 0 Å². The standard InChI is InChI=1S/C14H27N3/c1-3-5-8-14(4-2)13-15-9-6-11-17-12-7-10-16-17/h7,10,12,14-15H,3-6,8-9,11,13H2,1-2H3. The van der Waals surface area contributed by atoms with Crippen molar-refractivity contribution in [3.8, 4) is 0 Å². The van der Waals surface area contributed by atoms with Gasteiger partial charge in [-0.2, -0.15) is 5.10 Å². The van der Waals surface area contributed by atoms with Crippen LogP contribution < -0.4 is 5.32 Å². The SMILES string of the molecule is CCCCC(CC)CNCCCn1cccn1. The monoisotopic (exact) mass is 237 g/mol. The molecular weight excluding hydrogens is 210 g/mol. The second-order valence-corrected chi connectivity index (χ2v) is 4.74. The molecule has 0 amide bonds. The van der Waals surface area contributed by atoms with Crippen LogP contribution in [0.2, 0.25) is 0 Å². The average molecular weight is 237 g/mol. The molecule has 1 N–H and O–H groups in total. The van der Waals surface area contributed by atoms with E-state index in [0.717, 1.165) is 25.4 Å². The van der Waals surface area contributed by atoms with Gasteiger partial charge in [0.15, 0.2) is 0 Å². The van der Waals surface area contributed by atoms with Crippen LogP contribution >= 0.6 is 0 Å². The molecule has 1 aromatic heterocycles. The molecule has 0 aliphatic rings. The molecule has 0 bridgehead atoms. The third kappa shape index (κ3) is 6.47. The minimum Gasteiger partial charge on any atom is -0.316 e. The molecule has 0 fully saturated rings. The van der Waals surface area contributed by atoms with Crippen molar-refractivity contribution in [1.29, 1.82) is 0 Å². The molecule has 1 heterocycles. The van der Waals surface area contributed by atoms with Crippen molar-refractivity contribution in [2.45, 2.75) is 52.5 Å². The number of hydrogen-bond donors (Lipinski definition) is 1. The van der Waals surface area contributed by atoms with Crippen LogP contribution in [0.25, 0.3) is 0 Å². The van der Waals surface area contributed by atoms with Crippen LogP contribution in [-0.4, -0.2) is 22.9 Å². The highest BCUT2D eigenvalue weighted by molar-refractivity contribution is 4.77. The van der Waals surface area contributed by atoms with E-state index in [9.17, 15) is 0 Å². The molecule has 0 saturated carbocycles. The summed E-state index contributed by atoms with van der Waals surface area (Å²) >= 11 is 0. The summed E-state index contributed by atoms with van der Waals surface area (Å²) in [6.07, 6.45) is 10.4. The third-order valence-corrected chi connectivity index (χ3v) is 3.28. The number of hydrogen-bond acceptors (Lipinski definition) is 2. The molecule has 0 aliphatic heterocycles. The van der Waals surface area contributed by atoms with E-state index in [0.29, 0.717) is 0 Å². The minimum atomic E-state index is 0.861. The second kappa shape index (κ2) is 9.23. The number of aryl methyl sites for hydroxylation is 1. The molecule has 0 aliphatic carbocycles. The lowest BCUT2D eigenvalue weighted by Gasteiger charge is -2.15. The summed E-state index contributed by atoms with van der Waals surface area (Å²) in [5.41, 5.74) is 0. The van der Waals surface area contributed by atoms with Gasteiger partial charge in [0, 0.05) is 18.9 Å². The van der Waals surface area contributed by atoms with E-state index in [1.807, 2.05) is 23.1 Å². The molecule has 3 nitrogen and oxygen atoms in total. The Balaban J connectivity index is 1.98. The molecule has 0 aromatic carbocycles. The van der Waals surface area contributed by atoms with Crippen LogP contribution in [-0.2, 0) is 6.54 Å². The Kier molecular flexibility index (Phi) is 7.72. The van der Waals surface area contributed by atoms with Crippen LogP contribution in [0.1, 0.15) is 46.0 Å². The molecular formula is C14H27N3. The Bertz CT molecular complexity index is 256. The van der Waals surface area contributed by atoms with Gasteiger partial charge in [-0.1, -0.05) is 33.1 Å². The molecule has 1 atom stereocenters. The van der Waals surface area contributed by atoms with Crippen molar-refractivity contribution in [2.24, 2.45) is 5.92 Å². The molecule has 1 unspecified atom stereocenters. The topological polar surface area (TPSA) is 29.9 Å². The maximum Gasteiger partial charge on any atom is 0.0489 e. The first-order valence-electron chi connectivity index (χ1n) is 7.05. The van der Waals surface area contributed by atoms with E-state index >= 15 is 0 Å². The largest absolute Gasteiger partial charge is 0.316 e. The highest BCUT2D eigenvalue weighted by atomic mass is 15.3. The molecule has 3 heteroatoms. The molecule has 1 rings (SSSR count). The minimum absolute atomic E-state index is 0.861. The normalized spacial score (nSPS) is 12.8. The van der Waals surface area contributed by atoms with Crippen molar-refractivity contribution in [2.75, 3.05) is 13.1 Å². The van der Waals surface area contributed by atoms with Crippen LogP contribution in [0.3, 0.4) is 0 Å². The first-order chi connectivity index (χ1) is 8.36. The van der Waals surface area contributed by atoms with Crippen molar-refractivity contribution in [3.63, 3.8) is 0 Å². The lowest BCUT2D eigenvalue weighted by Crippen LogP contribution is -2.24. The fraction of sp³-hybridized carbons (Fsp3) is 0.786. The Morgan fingerprint density at radius 2 is 2.18 bits per heavy atom. The fourth-order valence-corrected chi connectivity index (χ4v) is 2.05. The lowest BCUT2D eigenvalue weighted by molar-refractivity contribution is 0.413. The van der Waals surface area contributed by atoms with Gasteiger partial charge < -0.3 is 5.32 Å². The summed E-state index contributed by atoms with van der Waals surface area (Å²) in [6, 6.07) is 1.98. The van der Waals surface area contributed by atoms with Gasteiger partial charge in [0.05, 0.1) is 0 Å². The predicted octanol–water partition coefficient (Wildman–Crippen LogP) is 3.08. The van der Waals surface area contributed by atoms with Crippen LogP contribution in [0.15, 0.2) is 18.5 Å². The molecule has 0 radical (unpaired) electrons. The number of rotatable bonds is 10. The molecule has 17 heavy (non-hydrogen) atoms. The first-order valence-corrected chi connectivity index (χ1v) is 7.05. The Labute approximate surface area is 106 Å². The van der Waals surface area contributed by atoms with Gasteiger partial charge in [-0.05, 0) is 37.9 Å². The van der Waals surface area contributed by atoms with E-state index in [1.165, 1.54) is 32.2 Å². The third-order valence-electron chi connectivity index (χ3n) is 3.28. The van der Waals surface area contributed by atoms with Gasteiger partial charge in [0.25, 0.3) is 0 Å². The zero-order valence-electron chi connectivity index (χ0n) is 11.4. The fourth-order valence-electron chi connectivity index (χ4n) is 2.05. The molecule has 0 spiro atoms. The zero-order valence-corrected chi connectivity index (χ0v) is 11.4. The average Bonchev–Trinajstić information content (AvgIpc) is 2.85. The van der Waals surface area contributed by atoms with Gasteiger partial charge in [-0.3, -0.25) is 4.68 Å². The van der Waals surface area contributed by atoms with E-state index in [1.54, 1.807) is 0 Å². The summed E-state index contributed by atoms with van der Waals surface area (Å²) in [6.45, 7) is 7.86. The number of unbranched alkanes of at least 4 members (excludes halogenated alkanes) is 1. The van der Waals surface area contributed by atoms with Gasteiger partial charge >= 0.3 is 0 Å². The van der Waals surface area contributed by atoms with Crippen molar-refractivity contribution in [1.82, 2.24) is 15.1 Å². The van der Waals surface area contributed by atoms with Crippen LogP contribution in [0.4, 0.5) is 0 Å². The Morgan fingerprint density at radius 3 is 2.82 bits per heavy atom. The summed E-state index contributed by atoms with van der Waals surface area (Å²) in [5, 5.41) is 7.76. The lowest BCUT2D eigenvalue weighted by atomic mass is 9.99. The number of nitrogens with zero attached hydrogens (tertiary/aromatic N) is 2. The molecule has 1 aromatic rings. The highest BCUT2D eigenvalue weighted by Gasteiger charge is 2.04. The Hall–Kier alpha value is -0.830. The van der Waals surface area contributed by atoms with Crippen molar-refractivity contribution >= 4 is 0 Å². The molecule has 98 valence electrons. The summed E-state index contributed by atoms with van der Waals surface area (Å²) in [4.78, 5) is 0. The quantitative estimate of drug-likeness (QED) is 0.634. The maximum atomic E-state index is 4.19. The van der Waals surface area contributed by atoms with Gasteiger partial charge in [0.1, 0.15) is 0 Å². The summed E-state index contributed by atoms with van der Waals surface area (Å²) in [5.74, 6) is 0.861. The smallest absolute Gasteiger partial charge is 0.0489 e. The molecule has 0 saturated heterocycles. The van der Waals surface area contributed by atoms with Crippen molar-refractivity contribution < 1.29 is 0 Å². The first kappa shape index (κ1) is 14.2. The second-order valence-electron chi connectivity index (χ2n) is 4.74. The van der Waals surface area contributed by atoms with E-state index in [4.69, 9.17) is 0 Å². The number of aromatic nitrogens is 2. The summed E-state index contributed by atoms with van der Waals surface area (Å²) < 4.78 is 2.00. The zero-order chi connectivity index (χ0) is 12.3. The van der Waals surface area contributed by atoms with Gasteiger partial charge in [-0.25, -0.2) is 0 Å². The maximum absolute atomic E-state index is 4.19. The van der Waals surface area contributed by atoms with Gasteiger partial charge in [-0.15, -0.1) is 0 Å². The van der Waals surface area contributed by atoms with E-state index in [-0.39, 0.29) is 0 Å². The van der Waals surface area contributed by atoms with E-state index in [2.05, 4.69) is 24.3 Å². The highest BCUT2D eigenvalue weighted by Crippen LogP contribution is 2.10.